The lowest BCUT2D eigenvalue weighted by Crippen LogP contribution is -2.22. The van der Waals surface area contributed by atoms with Crippen LogP contribution in [0.25, 0.3) is 22.6 Å². The van der Waals surface area contributed by atoms with Crippen LogP contribution in [0.15, 0.2) is 65.6 Å². The largest absolute Gasteiger partial charge is 0.268 e. The molecule has 0 saturated heterocycles. The molecule has 4 aromatic rings. The number of nitrogens with zero attached hydrogens (tertiary/aromatic N) is 4. The highest BCUT2D eigenvalue weighted by atomic mass is 19.2. The van der Waals surface area contributed by atoms with E-state index in [1.165, 1.54) is 16.8 Å². The van der Waals surface area contributed by atoms with Crippen molar-refractivity contribution in [3.63, 3.8) is 0 Å². The van der Waals surface area contributed by atoms with Crippen molar-refractivity contribution in [3.05, 3.63) is 99.9 Å². The van der Waals surface area contributed by atoms with E-state index in [-0.39, 0.29) is 23.4 Å². The molecule has 0 bridgehead atoms. The molecule has 0 aliphatic heterocycles. The van der Waals surface area contributed by atoms with Crippen molar-refractivity contribution in [1.82, 2.24) is 19.7 Å². The minimum Gasteiger partial charge on any atom is -0.268 e. The van der Waals surface area contributed by atoms with E-state index >= 15 is 0 Å². The molecule has 0 saturated carbocycles. The third-order valence-electron chi connectivity index (χ3n) is 4.46. The molecule has 0 fully saturated rings. The Balaban J connectivity index is 1.68. The van der Waals surface area contributed by atoms with Crippen molar-refractivity contribution < 1.29 is 13.2 Å². The van der Waals surface area contributed by atoms with Crippen molar-refractivity contribution >= 4 is 0 Å². The zero-order chi connectivity index (χ0) is 21.3. The first-order valence-electron chi connectivity index (χ1n) is 9.03. The van der Waals surface area contributed by atoms with E-state index in [2.05, 4.69) is 15.1 Å². The van der Waals surface area contributed by atoms with E-state index in [1.807, 2.05) is 31.2 Å². The number of hydrogen-bond donors (Lipinski definition) is 0. The first kappa shape index (κ1) is 19.5. The zero-order valence-corrected chi connectivity index (χ0v) is 15.8. The van der Waals surface area contributed by atoms with E-state index in [1.54, 1.807) is 12.3 Å². The molecular weight excluding hydrogens is 393 g/mol. The van der Waals surface area contributed by atoms with Gasteiger partial charge in [-0.3, -0.25) is 4.79 Å². The van der Waals surface area contributed by atoms with Crippen LogP contribution in [0.4, 0.5) is 13.2 Å². The van der Waals surface area contributed by atoms with Crippen LogP contribution in [0.1, 0.15) is 11.3 Å². The lowest BCUT2D eigenvalue weighted by atomic mass is 10.1. The summed E-state index contributed by atoms with van der Waals surface area (Å²) in [5.41, 5.74) is 2.16. The van der Waals surface area contributed by atoms with Crippen molar-refractivity contribution in [2.24, 2.45) is 0 Å². The summed E-state index contributed by atoms with van der Waals surface area (Å²) in [4.78, 5) is 20.9. The van der Waals surface area contributed by atoms with Crippen LogP contribution in [0.5, 0.6) is 0 Å². The van der Waals surface area contributed by atoms with Gasteiger partial charge in [0.2, 0.25) is 0 Å². The van der Waals surface area contributed by atoms with E-state index in [9.17, 15) is 18.0 Å². The molecule has 0 aliphatic rings. The average molecular weight is 408 g/mol. The van der Waals surface area contributed by atoms with Crippen molar-refractivity contribution in [2.45, 2.75) is 13.5 Å². The fourth-order valence-corrected chi connectivity index (χ4v) is 2.99. The van der Waals surface area contributed by atoms with E-state index < -0.39 is 17.5 Å². The summed E-state index contributed by atoms with van der Waals surface area (Å²) in [5.74, 6) is -3.64. The Bertz CT molecular complexity index is 1280. The molecule has 2 heterocycles. The maximum atomic E-state index is 13.6. The number of rotatable bonds is 4. The van der Waals surface area contributed by atoms with Crippen LogP contribution in [0.3, 0.4) is 0 Å². The minimum atomic E-state index is -1.55. The van der Waals surface area contributed by atoms with Gasteiger partial charge < -0.3 is 0 Å². The van der Waals surface area contributed by atoms with Crippen LogP contribution in [0, 0.1) is 24.4 Å². The molecule has 0 N–H and O–H groups in total. The van der Waals surface area contributed by atoms with Gasteiger partial charge in [-0.05, 0) is 42.8 Å². The number of aromatic nitrogens is 4. The first-order chi connectivity index (χ1) is 14.4. The SMILES string of the molecule is Cc1ccnc(-c2cccc(Cn3nc(-c4cc(F)c(F)c(F)c4)ccc3=O)c2)n1. The van der Waals surface area contributed by atoms with Gasteiger partial charge in [-0.2, -0.15) is 5.10 Å². The van der Waals surface area contributed by atoms with Crippen LogP contribution < -0.4 is 5.56 Å². The highest BCUT2D eigenvalue weighted by Gasteiger charge is 2.13. The predicted molar refractivity (Wildman–Crippen MR) is 105 cm³/mol. The second-order valence-corrected chi connectivity index (χ2v) is 6.69. The van der Waals surface area contributed by atoms with E-state index in [0.29, 0.717) is 5.82 Å². The summed E-state index contributed by atoms with van der Waals surface area (Å²) >= 11 is 0. The first-order valence-corrected chi connectivity index (χ1v) is 9.03. The Morgan fingerprint density at radius 2 is 1.70 bits per heavy atom. The third kappa shape index (κ3) is 3.98. The van der Waals surface area contributed by atoms with Crippen molar-refractivity contribution in [1.29, 1.82) is 0 Å². The van der Waals surface area contributed by atoms with Crippen molar-refractivity contribution in [2.75, 3.05) is 0 Å². The smallest absolute Gasteiger partial charge is 0.267 e. The van der Waals surface area contributed by atoms with E-state index in [0.717, 1.165) is 29.0 Å². The van der Waals surface area contributed by atoms with Gasteiger partial charge in [0.1, 0.15) is 0 Å². The van der Waals surface area contributed by atoms with Crippen LogP contribution in [0.2, 0.25) is 0 Å². The summed E-state index contributed by atoms with van der Waals surface area (Å²) in [7, 11) is 0. The van der Waals surface area contributed by atoms with Gasteiger partial charge in [-0.15, -0.1) is 0 Å². The highest BCUT2D eigenvalue weighted by molar-refractivity contribution is 5.59. The summed E-state index contributed by atoms with van der Waals surface area (Å²) in [6, 6.07) is 13.4. The molecule has 0 aliphatic carbocycles. The normalized spacial score (nSPS) is 10.9. The van der Waals surface area contributed by atoms with Gasteiger partial charge in [-0.25, -0.2) is 27.8 Å². The predicted octanol–water partition coefficient (Wildman–Crippen LogP) is 4.14. The lowest BCUT2D eigenvalue weighted by Gasteiger charge is -2.09. The fraction of sp³-hybridized carbons (Fsp3) is 0.0909. The molecule has 8 heteroatoms. The number of benzene rings is 2. The summed E-state index contributed by atoms with van der Waals surface area (Å²) < 4.78 is 41.5. The number of aryl methyl sites for hydroxylation is 1. The second-order valence-electron chi connectivity index (χ2n) is 6.69. The van der Waals surface area contributed by atoms with Gasteiger partial charge in [-0.1, -0.05) is 18.2 Å². The molecule has 5 nitrogen and oxygen atoms in total. The van der Waals surface area contributed by atoms with Gasteiger partial charge >= 0.3 is 0 Å². The van der Waals surface area contributed by atoms with Gasteiger partial charge in [0, 0.05) is 29.1 Å². The lowest BCUT2D eigenvalue weighted by molar-refractivity contribution is 0.447. The molecule has 0 atom stereocenters. The molecule has 4 rings (SSSR count). The molecule has 2 aromatic carbocycles. The Morgan fingerprint density at radius 1 is 0.933 bits per heavy atom. The quantitative estimate of drug-likeness (QED) is 0.476. The van der Waals surface area contributed by atoms with Gasteiger partial charge in [0.15, 0.2) is 23.3 Å². The third-order valence-corrected chi connectivity index (χ3v) is 4.46. The standard InChI is InChI=1S/C22H15F3N4O/c1-13-7-8-26-22(27-13)15-4-2-3-14(9-15)12-29-20(30)6-5-19(28-29)16-10-17(23)21(25)18(24)11-16/h2-11H,12H2,1H3. The fourth-order valence-electron chi connectivity index (χ4n) is 2.99. The Kier molecular flexibility index (Phi) is 5.14. The highest BCUT2D eigenvalue weighted by Crippen LogP contribution is 2.22. The molecule has 0 unspecified atom stereocenters. The topological polar surface area (TPSA) is 60.7 Å². The molecule has 150 valence electrons. The molecule has 0 radical (unpaired) electrons. The maximum absolute atomic E-state index is 13.6. The summed E-state index contributed by atoms with van der Waals surface area (Å²) in [6.07, 6.45) is 1.67. The van der Waals surface area contributed by atoms with Gasteiger partial charge in [0.25, 0.3) is 5.56 Å². The monoisotopic (exact) mass is 408 g/mol. The second kappa shape index (κ2) is 7.90. The molecule has 2 aromatic heterocycles. The Morgan fingerprint density at radius 3 is 2.43 bits per heavy atom. The van der Waals surface area contributed by atoms with Crippen molar-refractivity contribution in [3.8, 4) is 22.6 Å². The zero-order valence-electron chi connectivity index (χ0n) is 15.8. The summed E-state index contributed by atoms with van der Waals surface area (Å²) in [6.45, 7) is 1.99. The molecule has 30 heavy (non-hydrogen) atoms. The Hall–Kier alpha value is -3.81. The van der Waals surface area contributed by atoms with Crippen LogP contribution >= 0.6 is 0 Å². The minimum absolute atomic E-state index is 0.0297. The number of hydrogen-bond acceptors (Lipinski definition) is 4. The summed E-state index contributed by atoms with van der Waals surface area (Å²) in [5, 5.41) is 4.18. The van der Waals surface area contributed by atoms with Crippen LogP contribution in [-0.4, -0.2) is 19.7 Å². The number of halogens is 3. The van der Waals surface area contributed by atoms with Crippen LogP contribution in [-0.2, 0) is 6.54 Å². The van der Waals surface area contributed by atoms with E-state index in [4.69, 9.17) is 0 Å². The average Bonchev–Trinajstić information content (AvgIpc) is 2.73. The molecule has 0 spiro atoms. The maximum Gasteiger partial charge on any atom is 0.267 e. The van der Waals surface area contributed by atoms with Gasteiger partial charge in [0.05, 0.1) is 12.2 Å². The molecular formula is C22H15F3N4O. The molecule has 0 amide bonds. The Labute approximate surface area is 169 Å².